The minimum absolute atomic E-state index is 0.774. The first-order valence-electron chi connectivity index (χ1n) is 12.0. The van der Waals surface area contributed by atoms with Gasteiger partial charge in [-0.1, -0.05) is 24.3 Å². The molecule has 2 aliphatic rings. The number of benzene rings is 1. The normalized spacial score (nSPS) is 16.2. The molecule has 0 spiro atoms. The first kappa shape index (κ1) is 20.7. The van der Waals surface area contributed by atoms with E-state index in [-0.39, 0.29) is 0 Å². The fraction of sp³-hybridized carbons (Fsp3) is 0.308. The van der Waals surface area contributed by atoms with Crippen LogP contribution in [0.15, 0.2) is 61.2 Å². The summed E-state index contributed by atoms with van der Waals surface area (Å²) in [4.78, 5) is 26.2. The van der Waals surface area contributed by atoms with Crippen molar-refractivity contribution >= 4 is 34.2 Å². The molecule has 8 nitrogen and oxygen atoms in total. The fourth-order valence-electron chi connectivity index (χ4n) is 4.71. The number of nitrogens with zero attached hydrogens (tertiary/aromatic N) is 6. The number of H-pyrrole nitrogens is 1. The predicted octanol–water partition coefficient (Wildman–Crippen LogP) is 4.92. The van der Waals surface area contributed by atoms with E-state index in [0.29, 0.717) is 0 Å². The number of anilines is 4. The van der Waals surface area contributed by atoms with Crippen LogP contribution in [0.25, 0.3) is 22.3 Å². The molecule has 0 unspecified atom stereocenters. The van der Waals surface area contributed by atoms with Gasteiger partial charge < -0.3 is 20.1 Å². The van der Waals surface area contributed by atoms with E-state index in [1.54, 1.807) is 6.33 Å². The Bertz CT molecular complexity index is 1290. The average Bonchev–Trinajstić information content (AvgIpc) is 3.35. The number of hydrogen-bond acceptors (Lipinski definition) is 7. The molecule has 3 aromatic heterocycles. The van der Waals surface area contributed by atoms with Gasteiger partial charge in [0.2, 0.25) is 5.95 Å². The highest BCUT2D eigenvalue weighted by atomic mass is 15.2. The highest BCUT2D eigenvalue weighted by molar-refractivity contribution is 5.92. The van der Waals surface area contributed by atoms with Crippen LogP contribution in [0.4, 0.5) is 23.1 Å². The maximum absolute atomic E-state index is 4.60. The maximum Gasteiger partial charge on any atom is 0.225 e. The molecule has 0 atom stereocenters. The van der Waals surface area contributed by atoms with E-state index in [9.17, 15) is 0 Å². The van der Waals surface area contributed by atoms with Crippen LogP contribution >= 0.6 is 0 Å². The van der Waals surface area contributed by atoms with Gasteiger partial charge in [-0.2, -0.15) is 0 Å². The van der Waals surface area contributed by atoms with Gasteiger partial charge in [0.25, 0.3) is 0 Å². The van der Waals surface area contributed by atoms with Crippen molar-refractivity contribution < 1.29 is 0 Å². The summed E-state index contributed by atoms with van der Waals surface area (Å²) in [6, 6.07) is 10.5. The lowest BCUT2D eigenvalue weighted by molar-refractivity contribution is 0.574. The lowest BCUT2D eigenvalue weighted by Gasteiger charge is -2.27. The monoisotopic (exact) mass is 452 g/mol. The molecule has 2 aliphatic heterocycles. The molecule has 1 saturated heterocycles. The summed E-state index contributed by atoms with van der Waals surface area (Å²) in [5.74, 6) is 1.81. The third-order valence-electron chi connectivity index (χ3n) is 6.52. The van der Waals surface area contributed by atoms with E-state index in [2.05, 4.69) is 82.5 Å². The fourth-order valence-corrected chi connectivity index (χ4v) is 4.71. The summed E-state index contributed by atoms with van der Waals surface area (Å²) in [5.41, 5.74) is 4.90. The summed E-state index contributed by atoms with van der Waals surface area (Å²) in [7, 11) is 0. The molecule has 0 aliphatic carbocycles. The Morgan fingerprint density at radius 1 is 0.794 bits per heavy atom. The van der Waals surface area contributed by atoms with Gasteiger partial charge in [0.05, 0.1) is 23.5 Å². The number of hydrogen-bond donors (Lipinski definition) is 2. The molecule has 4 aromatic rings. The van der Waals surface area contributed by atoms with E-state index < -0.39 is 0 Å². The lowest BCUT2D eigenvalue weighted by atomic mass is 10.1. The van der Waals surface area contributed by atoms with Crippen LogP contribution in [0.2, 0.25) is 0 Å². The second kappa shape index (κ2) is 9.13. The third-order valence-corrected chi connectivity index (χ3v) is 6.52. The van der Waals surface area contributed by atoms with Crippen molar-refractivity contribution in [3.05, 3.63) is 61.2 Å². The SMILES string of the molecule is C1=CCN(c2ncc(Nc3ccc(-c4cc5c(N6CCCCC6)ncnc5[nH]4)cc3)cn2)CC1. The molecule has 34 heavy (non-hydrogen) atoms. The van der Waals surface area contributed by atoms with Crippen LogP contribution in [0.5, 0.6) is 0 Å². The first-order chi connectivity index (χ1) is 16.8. The van der Waals surface area contributed by atoms with Crippen molar-refractivity contribution in [1.82, 2.24) is 24.9 Å². The molecule has 172 valence electrons. The molecule has 0 bridgehead atoms. The molecule has 1 aromatic carbocycles. The molecule has 8 heteroatoms. The smallest absolute Gasteiger partial charge is 0.225 e. The Morgan fingerprint density at radius 2 is 1.62 bits per heavy atom. The Labute approximate surface area is 198 Å². The van der Waals surface area contributed by atoms with Crippen LogP contribution in [-0.4, -0.2) is 51.1 Å². The summed E-state index contributed by atoms with van der Waals surface area (Å²) >= 11 is 0. The third kappa shape index (κ3) is 4.19. The van der Waals surface area contributed by atoms with E-state index in [0.717, 1.165) is 78.0 Å². The molecule has 6 rings (SSSR count). The molecule has 0 radical (unpaired) electrons. The van der Waals surface area contributed by atoms with Gasteiger partial charge in [0, 0.05) is 37.6 Å². The Hall–Kier alpha value is -3.94. The quantitative estimate of drug-likeness (QED) is 0.416. The molecule has 1 fully saturated rings. The Balaban J connectivity index is 1.18. The van der Waals surface area contributed by atoms with Gasteiger partial charge in [-0.3, -0.25) is 0 Å². The van der Waals surface area contributed by atoms with Crippen LogP contribution < -0.4 is 15.1 Å². The topological polar surface area (TPSA) is 85.9 Å². The average molecular weight is 453 g/mol. The highest BCUT2D eigenvalue weighted by Gasteiger charge is 2.17. The number of aromatic nitrogens is 5. The zero-order chi connectivity index (χ0) is 22.7. The highest BCUT2D eigenvalue weighted by Crippen LogP contribution is 2.31. The molecule has 5 heterocycles. The van der Waals surface area contributed by atoms with Gasteiger partial charge >= 0.3 is 0 Å². The number of piperidine rings is 1. The molecule has 0 saturated carbocycles. The van der Waals surface area contributed by atoms with Crippen molar-refractivity contribution in [3.8, 4) is 11.3 Å². The van der Waals surface area contributed by atoms with Crippen molar-refractivity contribution in [2.45, 2.75) is 25.7 Å². The summed E-state index contributed by atoms with van der Waals surface area (Å²) < 4.78 is 0. The van der Waals surface area contributed by atoms with Crippen LogP contribution in [0.1, 0.15) is 25.7 Å². The van der Waals surface area contributed by atoms with Gasteiger partial charge in [-0.25, -0.2) is 19.9 Å². The second-order valence-electron chi connectivity index (χ2n) is 8.87. The largest absolute Gasteiger partial charge is 0.356 e. The van der Waals surface area contributed by atoms with Gasteiger partial charge in [-0.05, 0) is 49.4 Å². The van der Waals surface area contributed by atoms with Gasteiger partial charge in [0.1, 0.15) is 17.8 Å². The van der Waals surface area contributed by atoms with Crippen molar-refractivity contribution in [3.63, 3.8) is 0 Å². The van der Waals surface area contributed by atoms with E-state index >= 15 is 0 Å². The number of nitrogens with one attached hydrogen (secondary N) is 2. The van der Waals surface area contributed by atoms with Crippen molar-refractivity contribution in [2.75, 3.05) is 41.3 Å². The lowest BCUT2D eigenvalue weighted by Crippen LogP contribution is -2.30. The standard InChI is InChI=1S/C26H28N8/c1-3-11-33(12-4-1)25-22-15-23(32-24(22)29-18-30-25)19-7-9-20(10-8-19)31-21-16-27-26(28-17-21)34-13-5-2-6-14-34/h2,5,7-10,15-18,31H,1,3-4,6,11-14H2,(H,29,30,32). The van der Waals surface area contributed by atoms with Crippen LogP contribution in [0, 0.1) is 0 Å². The zero-order valence-corrected chi connectivity index (χ0v) is 19.1. The second-order valence-corrected chi connectivity index (χ2v) is 8.87. The van der Waals surface area contributed by atoms with Crippen molar-refractivity contribution in [1.29, 1.82) is 0 Å². The van der Waals surface area contributed by atoms with Crippen LogP contribution in [-0.2, 0) is 0 Å². The predicted molar refractivity (Wildman–Crippen MR) is 137 cm³/mol. The number of rotatable bonds is 5. The minimum atomic E-state index is 0.774. The number of fused-ring (bicyclic) bond motifs is 1. The zero-order valence-electron chi connectivity index (χ0n) is 19.1. The maximum atomic E-state index is 4.60. The van der Waals surface area contributed by atoms with Gasteiger partial charge in [-0.15, -0.1) is 0 Å². The summed E-state index contributed by atoms with van der Waals surface area (Å²) in [6.07, 6.45) is 14.5. The minimum Gasteiger partial charge on any atom is -0.356 e. The Morgan fingerprint density at radius 3 is 2.38 bits per heavy atom. The first-order valence-corrected chi connectivity index (χ1v) is 12.0. The summed E-state index contributed by atoms with van der Waals surface area (Å²) in [6.45, 7) is 3.95. The van der Waals surface area contributed by atoms with Crippen molar-refractivity contribution in [2.24, 2.45) is 0 Å². The molecule has 0 amide bonds. The number of aromatic amines is 1. The van der Waals surface area contributed by atoms with E-state index in [4.69, 9.17) is 0 Å². The molecule has 2 N–H and O–H groups in total. The molecular formula is C26H28N8. The summed E-state index contributed by atoms with van der Waals surface area (Å²) in [5, 5.41) is 4.48. The van der Waals surface area contributed by atoms with Gasteiger partial charge in [0.15, 0.2) is 0 Å². The molecular weight excluding hydrogens is 424 g/mol. The van der Waals surface area contributed by atoms with E-state index in [1.165, 1.54) is 19.3 Å². The van der Waals surface area contributed by atoms with E-state index in [1.807, 2.05) is 12.4 Å². The van der Waals surface area contributed by atoms with Crippen LogP contribution in [0.3, 0.4) is 0 Å². The Kier molecular flexibility index (Phi) is 5.55.